The number of hydrogen-bond acceptors (Lipinski definition) is 7. The van der Waals surface area contributed by atoms with Crippen LogP contribution in [0.1, 0.15) is 22.6 Å². The van der Waals surface area contributed by atoms with Crippen LogP contribution >= 0.6 is 0 Å². The Labute approximate surface area is 200 Å². The highest BCUT2D eigenvalue weighted by Crippen LogP contribution is 2.46. The largest absolute Gasteiger partial charge is 0.489 e. The number of nitrogens with zero attached hydrogens (tertiary/aromatic N) is 3. The molecule has 2 heterocycles. The Morgan fingerprint density at radius 1 is 1.11 bits per heavy atom. The van der Waals surface area contributed by atoms with Gasteiger partial charge in [0.15, 0.2) is 0 Å². The minimum absolute atomic E-state index is 0.0841. The number of benzene rings is 3. The molecule has 0 aliphatic carbocycles. The van der Waals surface area contributed by atoms with E-state index in [0.29, 0.717) is 29.2 Å². The highest BCUT2D eigenvalue weighted by molar-refractivity contribution is 5.71. The van der Waals surface area contributed by atoms with Gasteiger partial charge in [-0.15, -0.1) is 5.10 Å². The van der Waals surface area contributed by atoms with E-state index in [0.717, 1.165) is 11.1 Å². The van der Waals surface area contributed by atoms with E-state index >= 15 is 0 Å². The molecule has 1 aromatic heterocycles. The van der Waals surface area contributed by atoms with Crippen molar-refractivity contribution in [2.75, 3.05) is 0 Å². The number of rotatable bonds is 6. The molecule has 9 heteroatoms. The predicted molar refractivity (Wildman–Crippen MR) is 127 cm³/mol. The summed E-state index contributed by atoms with van der Waals surface area (Å²) >= 11 is 0. The number of H-pyrrole nitrogens is 1. The van der Waals surface area contributed by atoms with Gasteiger partial charge in [-0.1, -0.05) is 42.5 Å². The molecule has 172 valence electrons. The molecular weight excluding hydrogens is 446 g/mol. The zero-order valence-corrected chi connectivity index (χ0v) is 18.3. The third kappa shape index (κ3) is 4.16. The fourth-order valence-electron chi connectivity index (χ4n) is 4.08. The lowest BCUT2D eigenvalue weighted by atomic mass is 9.83. The molecular formula is C26H19N5O4. The number of ether oxygens (including phenoxy) is 2. The van der Waals surface area contributed by atoms with Crippen LogP contribution in [0.3, 0.4) is 0 Å². The van der Waals surface area contributed by atoms with E-state index in [4.69, 9.17) is 15.2 Å². The highest BCUT2D eigenvalue weighted by Gasteiger charge is 2.36. The lowest BCUT2D eigenvalue weighted by Crippen LogP contribution is -2.21. The van der Waals surface area contributed by atoms with E-state index in [9.17, 15) is 15.4 Å². The van der Waals surface area contributed by atoms with Gasteiger partial charge in [0.25, 0.3) is 5.69 Å². The van der Waals surface area contributed by atoms with Gasteiger partial charge >= 0.3 is 0 Å². The van der Waals surface area contributed by atoms with Gasteiger partial charge in [-0.3, -0.25) is 15.2 Å². The lowest BCUT2D eigenvalue weighted by molar-refractivity contribution is -0.384. The summed E-state index contributed by atoms with van der Waals surface area (Å²) in [6.07, 6.45) is 0. The predicted octanol–water partition coefficient (Wildman–Crippen LogP) is 4.78. The fourth-order valence-corrected chi connectivity index (χ4v) is 4.08. The molecule has 9 nitrogen and oxygen atoms in total. The SMILES string of the molecule is N#CC1=C(N)Oc2n[nH]c(-c3ccc(OCc4ccccc4)cc3)c2[C@@H]1c1cccc([N+](=O)[O-])c1. The summed E-state index contributed by atoms with van der Waals surface area (Å²) in [7, 11) is 0. The topological polar surface area (TPSA) is 140 Å². The number of allylic oxidation sites excluding steroid dienone is 1. The molecule has 0 saturated carbocycles. The molecule has 1 aliphatic heterocycles. The molecule has 0 saturated heterocycles. The molecule has 5 rings (SSSR count). The molecule has 0 fully saturated rings. The minimum Gasteiger partial charge on any atom is -0.489 e. The molecule has 3 aromatic carbocycles. The number of hydrogen-bond donors (Lipinski definition) is 2. The standard InChI is InChI=1S/C26H19N5O4/c27-14-21-22(18-7-4-8-19(13-18)31(32)33)23-24(29-30-26(23)35-25(21)28)17-9-11-20(12-10-17)34-15-16-5-2-1-3-6-16/h1-13,22H,15,28H2,(H,29,30)/t22-/m1/s1. The molecule has 0 radical (unpaired) electrons. The van der Waals surface area contributed by atoms with Crippen molar-refractivity contribution in [3.05, 3.63) is 117 Å². The van der Waals surface area contributed by atoms with Gasteiger partial charge in [0.05, 0.1) is 22.1 Å². The summed E-state index contributed by atoms with van der Waals surface area (Å²) in [5.74, 6) is 0.141. The first-order chi connectivity index (χ1) is 17.0. The van der Waals surface area contributed by atoms with E-state index in [-0.39, 0.29) is 23.0 Å². The first-order valence-electron chi connectivity index (χ1n) is 10.7. The van der Waals surface area contributed by atoms with Crippen LogP contribution in [0.2, 0.25) is 0 Å². The van der Waals surface area contributed by atoms with Crippen molar-refractivity contribution in [1.82, 2.24) is 10.2 Å². The summed E-state index contributed by atoms with van der Waals surface area (Å²) in [4.78, 5) is 10.9. The van der Waals surface area contributed by atoms with Crippen molar-refractivity contribution in [1.29, 1.82) is 5.26 Å². The quantitative estimate of drug-likeness (QED) is 0.308. The van der Waals surface area contributed by atoms with E-state index < -0.39 is 10.8 Å². The van der Waals surface area contributed by atoms with Crippen molar-refractivity contribution in [2.45, 2.75) is 12.5 Å². The number of aromatic nitrogens is 2. The minimum atomic E-state index is -0.689. The molecule has 4 aromatic rings. The number of aromatic amines is 1. The van der Waals surface area contributed by atoms with Crippen molar-refractivity contribution in [2.24, 2.45) is 5.73 Å². The Balaban J connectivity index is 1.51. The van der Waals surface area contributed by atoms with Crippen LogP contribution in [-0.4, -0.2) is 15.1 Å². The Morgan fingerprint density at radius 3 is 2.60 bits per heavy atom. The zero-order chi connectivity index (χ0) is 24.4. The maximum absolute atomic E-state index is 11.4. The number of nitriles is 1. The van der Waals surface area contributed by atoms with Gasteiger partial charge in [-0.05, 0) is 35.4 Å². The van der Waals surface area contributed by atoms with Crippen molar-refractivity contribution in [3.63, 3.8) is 0 Å². The summed E-state index contributed by atoms with van der Waals surface area (Å²) in [6, 6.07) is 25.5. The van der Waals surface area contributed by atoms with Crippen molar-refractivity contribution in [3.8, 4) is 29.0 Å². The van der Waals surface area contributed by atoms with Crippen LogP contribution in [-0.2, 0) is 6.61 Å². The number of non-ortho nitro benzene ring substituents is 1. The Hall–Kier alpha value is -5.10. The number of nitrogens with two attached hydrogens (primary N) is 1. The number of nitro groups is 1. The maximum atomic E-state index is 11.4. The Morgan fingerprint density at radius 2 is 1.89 bits per heavy atom. The smallest absolute Gasteiger partial charge is 0.269 e. The third-order valence-corrected chi connectivity index (χ3v) is 5.74. The maximum Gasteiger partial charge on any atom is 0.269 e. The van der Waals surface area contributed by atoms with Crippen LogP contribution in [0.15, 0.2) is 90.3 Å². The van der Waals surface area contributed by atoms with Crippen LogP contribution < -0.4 is 15.2 Å². The van der Waals surface area contributed by atoms with E-state index in [1.165, 1.54) is 12.1 Å². The van der Waals surface area contributed by atoms with Crippen LogP contribution in [0, 0.1) is 21.4 Å². The monoisotopic (exact) mass is 465 g/mol. The van der Waals surface area contributed by atoms with Crippen molar-refractivity contribution >= 4 is 5.69 Å². The second-order valence-electron chi connectivity index (χ2n) is 7.89. The number of fused-ring (bicyclic) bond motifs is 1. The summed E-state index contributed by atoms with van der Waals surface area (Å²) in [5, 5.41) is 28.4. The highest BCUT2D eigenvalue weighted by atomic mass is 16.6. The molecule has 0 spiro atoms. The summed E-state index contributed by atoms with van der Waals surface area (Å²) in [5.41, 5.74) is 9.65. The van der Waals surface area contributed by atoms with Crippen LogP contribution in [0.25, 0.3) is 11.3 Å². The number of nitro benzene ring substituents is 1. The van der Waals surface area contributed by atoms with E-state index in [1.54, 1.807) is 12.1 Å². The van der Waals surface area contributed by atoms with Gasteiger partial charge in [0.2, 0.25) is 11.8 Å². The third-order valence-electron chi connectivity index (χ3n) is 5.74. The van der Waals surface area contributed by atoms with Gasteiger partial charge in [0, 0.05) is 17.7 Å². The van der Waals surface area contributed by atoms with Crippen LogP contribution in [0.5, 0.6) is 11.6 Å². The first-order valence-corrected chi connectivity index (χ1v) is 10.7. The Kier molecular flexibility index (Phi) is 5.61. The zero-order valence-electron chi connectivity index (χ0n) is 18.3. The van der Waals surface area contributed by atoms with Gasteiger partial charge < -0.3 is 15.2 Å². The molecule has 3 N–H and O–H groups in total. The number of nitrogens with one attached hydrogen (secondary N) is 1. The average molecular weight is 465 g/mol. The summed E-state index contributed by atoms with van der Waals surface area (Å²) in [6.45, 7) is 0.442. The molecule has 1 aliphatic rings. The van der Waals surface area contributed by atoms with Crippen molar-refractivity contribution < 1.29 is 14.4 Å². The normalized spacial score (nSPS) is 14.5. The molecule has 35 heavy (non-hydrogen) atoms. The Bertz CT molecular complexity index is 1470. The van der Waals surface area contributed by atoms with Gasteiger partial charge in [0.1, 0.15) is 24.0 Å². The van der Waals surface area contributed by atoms with E-state index in [2.05, 4.69) is 16.3 Å². The van der Waals surface area contributed by atoms with Gasteiger partial charge in [-0.25, -0.2) is 0 Å². The fraction of sp³-hybridized carbons (Fsp3) is 0.0769. The molecule has 0 unspecified atom stereocenters. The second kappa shape index (κ2) is 9.03. The summed E-state index contributed by atoms with van der Waals surface area (Å²) < 4.78 is 11.5. The molecule has 0 amide bonds. The molecule has 1 atom stereocenters. The second-order valence-corrected chi connectivity index (χ2v) is 7.89. The lowest BCUT2D eigenvalue weighted by Gasteiger charge is -2.24. The van der Waals surface area contributed by atoms with Gasteiger partial charge in [-0.2, -0.15) is 5.26 Å². The van der Waals surface area contributed by atoms with E-state index in [1.807, 2.05) is 54.6 Å². The van der Waals surface area contributed by atoms with Crippen LogP contribution in [0.4, 0.5) is 5.69 Å². The average Bonchev–Trinajstić information content (AvgIpc) is 3.30. The first kappa shape index (κ1) is 21.7. The molecule has 0 bridgehead atoms.